The van der Waals surface area contributed by atoms with E-state index in [-0.39, 0.29) is 5.97 Å². The van der Waals surface area contributed by atoms with Crippen LogP contribution in [0, 0.1) is 13.8 Å². The van der Waals surface area contributed by atoms with Crippen molar-refractivity contribution in [2.45, 2.75) is 26.7 Å². The van der Waals surface area contributed by atoms with E-state index < -0.39 is 0 Å². The minimum absolute atomic E-state index is 0.164. The molecule has 0 aromatic heterocycles. The van der Waals surface area contributed by atoms with Gasteiger partial charge in [0.25, 0.3) is 0 Å². The maximum atomic E-state index is 11.1. The van der Waals surface area contributed by atoms with Gasteiger partial charge in [0.05, 0.1) is 7.11 Å². The third-order valence-electron chi connectivity index (χ3n) is 3.35. The third-order valence-corrected chi connectivity index (χ3v) is 3.35. The molecule has 0 aliphatic carbocycles. The van der Waals surface area contributed by atoms with Crippen LogP contribution in [0.2, 0.25) is 0 Å². The van der Waals surface area contributed by atoms with Gasteiger partial charge in [0, 0.05) is 6.42 Å². The molecule has 0 saturated carbocycles. The summed E-state index contributed by atoms with van der Waals surface area (Å²) in [6.45, 7) is 4.22. The summed E-state index contributed by atoms with van der Waals surface area (Å²) in [5.41, 5.74) is 6.15. The molecule has 0 heterocycles. The quantitative estimate of drug-likeness (QED) is 0.781. The Morgan fingerprint density at radius 1 is 0.950 bits per heavy atom. The number of hydrogen-bond donors (Lipinski definition) is 0. The average molecular weight is 268 g/mol. The minimum Gasteiger partial charge on any atom is -0.469 e. The summed E-state index contributed by atoms with van der Waals surface area (Å²) >= 11 is 0. The molecule has 0 amide bonds. The number of benzene rings is 2. The Balaban J connectivity index is 2.13. The number of esters is 1. The van der Waals surface area contributed by atoms with Crippen molar-refractivity contribution in [3.05, 3.63) is 59.2 Å². The molecule has 0 fully saturated rings. The van der Waals surface area contributed by atoms with Crippen molar-refractivity contribution in [2.24, 2.45) is 0 Å². The van der Waals surface area contributed by atoms with Gasteiger partial charge in [-0.3, -0.25) is 4.79 Å². The van der Waals surface area contributed by atoms with E-state index in [1.165, 1.54) is 29.4 Å². The number of hydrogen-bond acceptors (Lipinski definition) is 2. The van der Waals surface area contributed by atoms with Crippen LogP contribution >= 0.6 is 0 Å². The van der Waals surface area contributed by atoms with Crippen LogP contribution in [-0.4, -0.2) is 13.1 Å². The fraction of sp³-hybridized carbons (Fsp3) is 0.278. The first-order chi connectivity index (χ1) is 9.58. The molecule has 0 bridgehead atoms. The Morgan fingerprint density at radius 3 is 2.10 bits per heavy atom. The van der Waals surface area contributed by atoms with E-state index in [0.717, 1.165) is 12.0 Å². The fourth-order valence-electron chi connectivity index (χ4n) is 2.35. The van der Waals surface area contributed by atoms with Crippen LogP contribution in [0.4, 0.5) is 0 Å². The number of carbonyl (C=O) groups is 1. The minimum atomic E-state index is -0.164. The van der Waals surface area contributed by atoms with Crippen molar-refractivity contribution < 1.29 is 9.53 Å². The summed E-state index contributed by atoms with van der Waals surface area (Å²) in [4.78, 5) is 11.1. The zero-order valence-corrected chi connectivity index (χ0v) is 12.3. The van der Waals surface area contributed by atoms with Crippen LogP contribution < -0.4 is 0 Å². The summed E-state index contributed by atoms with van der Waals surface area (Å²) in [6.07, 6.45) is 1.15. The maximum absolute atomic E-state index is 11.1. The van der Waals surface area contributed by atoms with Gasteiger partial charge in [-0.05, 0) is 37.0 Å². The second kappa shape index (κ2) is 6.38. The van der Waals surface area contributed by atoms with Crippen LogP contribution in [0.5, 0.6) is 0 Å². The SMILES string of the molecule is COC(=O)CCc1ccc(-c2cc(C)cc(C)c2)cc1. The molecule has 0 atom stereocenters. The van der Waals surface area contributed by atoms with Crippen LogP contribution in [0.25, 0.3) is 11.1 Å². The van der Waals surface area contributed by atoms with Crippen LogP contribution in [-0.2, 0) is 16.0 Å². The monoisotopic (exact) mass is 268 g/mol. The van der Waals surface area contributed by atoms with Crippen molar-refractivity contribution in [3.8, 4) is 11.1 Å². The molecule has 0 unspecified atom stereocenters. The average Bonchev–Trinajstić information content (AvgIpc) is 2.44. The first-order valence-corrected chi connectivity index (χ1v) is 6.83. The number of methoxy groups -OCH3 is 1. The molecular weight excluding hydrogens is 248 g/mol. The van der Waals surface area contributed by atoms with Crippen LogP contribution in [0.3, 0.4) is 0 Å². The highest BCUT2D eigenvalue weighted by molar-refractivity contribution is 5.69. The maximum Gasteiger partial charge on any atom is 0.305 e. The standard InChI is InChI=1S/C18H20O2/c1-13-10-14(2)12-17(11-13)16-7-4-15(5-8-16)6-9-18(19)20-3/h4-5,7-8,10-12H,6,9H2,1-3H3. The van der Waals surface area contributed by atoms with Gasteiger partial charge in [0.15, 0.2) is 0 Å². The highest BCUT2D eigenvalue weighted by Gasteiger charge is 2.03. The van der Waals surface area contributed by atoms with Crippen molar-refractivity contribution in [1.29, 1.82) is 0 Å². The van der Waals surface area contributed by atoms with E-state index in [2.05, 4.69) is 61.0 Å². The molecule has 0 aliphatic rings. The van der Waals surface area contributed by atoms with E-state index in [9.17, 15) is 4.79 Å². The molecule has 0 aliphatic heterocycles. The summed E-state index contributed by atoms with van der Waals surface area (Å²) in [7, 11) is 1.42. The van der Waals surface area contributed by atoms with Gasteiger partial charge in [-0.25, -0.2) is 0 Å². The highest BCUT2D eigenvalue weighted by Crippen LogP contribution is 2.23. The molecule has 104 valence electrons. The number of aryl methyl sites for hydroxylation is 3. The summed E-state index contributed by atoms with van der Waals surface area (Å²) in [5, 5.41) is 0. The first kappa shape index (κ1) is 14.3. The molecule has 2 aromatic rings. The number of rotatable bonds is 4. The van der Waals surface area contributed by atoms with Gasteiger partial charge < -0.3 is 4.74 Å². The van der Waals surface area contributed by atoms with Crippen LogP contribution in [0.1, 0.15) is 23.1 Å². The van der Waals surface area contributed by atoms with E-state index in [1.54, 1.807) is 0 Å². The molecule has 0 radical (unpaired) electrons. The Bertz CT molecular complexity index is 577. The molecule has 20 heavy (non-hydrogen) atoms. The second-order valence-corrected chi connectivity index (χ2v) is 5.15. The lowest BCUT2D eigenvalue weighted by Gasteiger charge is -2.07. The Hall–Kier alpha value is -2.09. The predicted molar refractivity (Wildman–Crippen MR) is 81.7 cm³/mol. The zero-order chi connectivity index (χ0) is 14.5. The summed E-state index contributed by atoms with van der Waals surface area (Å²) in [6, 6.07) is 14.9. The lowest BCUT2D eigenvalue weighted by molar-refractivity contribution is -0.140. The van der Waals surface area contributed by atoms with Gasteiger partial charge >= 0.3 is 5.97 Å². The van der Waals surface area contributed by atoms with Gasteiger partial charge in [0.2, 0.25) is 0 Å². The topological polar surface area (TPSA) is 26.3 Å². The van der Waals surface area contributed by atoms with Gasteiger partial charge in [-0.15, -0.1) is 0 Å². The summed E-state index contributed by atoms with van der Waals surface area (Å²) < 4.78 is 4.65. The summed E-state index contributed by atoms with van der Waals surface area (Å²) in [5.74, 6) is -0.164. The van der Waals surface area contributed by atoms with Gasteiger partial charge in [-0.1, -0.05) is 53.6 Å². The zero-order valence-electron chi connectivity index (χ0n) is 12.3. The smallest absolute Gasteiger partial charge is 0.305 e. The third kappa shape index (κ3) is 3.70. The molecule has 0 saturated heterocycles. The second-order valence-electron chi connectivity index (χ2n) is 5.15. The molecular formula is C18H20O2. The van der Waals surface area contributed by atoms with Crippen molar-refractivity contribution >= 4 is 5.97 Å². The predicted octanol–water partition coefficient (Wildman–Crippen LogP) is 4.08. The molecule has 2 rings (SSSR count). The molecule has 0 N–H and O–H groups in total. The normalized spacial score (nSPS) is 10.3. The van der Waals surface area contributed by atoms with Crippen molar-refractivity contribution in [1.82, 2.24) is 0 Å². The number of ether oxygens (including phenoxy) is 1. The first-order valence-electron chi connectivity index (χ1n) is 6.83. The molecule has 0 spiro atoms. The lowest BCUT2D eigenvalue weighted by atomic mass is 9.99. The van der Waals surface area contributed by atoms with E-state index >= 15 is 0 Å². The Labute approximate surface area is 120 Å². The van der Waals surface area contributed by atoms with Gasteiger partial charge in [0.1, 0.15) is 0 Å². The largest absolute Gasteiger partial charge is 0.469 e. The molecule has 2 nitrogen and oxygen atoms in total. The Morgan fingerprint density at radius 2 is 1.55 bits per heavy atom. The van der Waals surface area contributed by atoms with Crippen molar-refractivity contribution in [3.63, 3.8) is 0 Å². The molecule has 2 heteroatoms. The van der Waals surface area contributed by atoms with Crippen molar-refractivity contribution in [2.75, 3.05) is 7.11 Å². The van der Waals surface area contributed by atoms with Crippen LogP contribution in [0.15, 0.2) is 42.5 Å². The fourth-order valence-corrected chi connectivity index (χ4v) is 2.35. The number of carbonyl (C=O) groups excluding carboxylic acids is 1. The van der Waals surface area contributed by atoms with E-state index in [4.69, 9.17) is 0 Å². The lowest BCUT2D eigenvalue weighted by Crippen LogP contribution is -2.01. The van der Waals surface area contributed by atoms with E-state index in [1.807, 2.05) is 0 Å². The highest BCUT2D eigenvalue weighted by atomic mass is 16.5. The Kier molecular flexibility index (Phi) is 4.57. The molecule has 2 aromatic carbocycles. The van der Waals surface area contributed by atoms with Gasteiger partial charge in [-0.2, -0.15) is 0 Å². The van der Waals surface area contributed by atoms with E-state index in [0.29, 0.717) is 6.42 Å².